The standard InChI is InChI=1S/C30H25NO4S/c1-33-23-10-12-24(13-11-23)35-19-22-17-20(8-15-28(22)34-2)7-14-27(32)21-9-16-30-26(18-21)31-25-5-3-4-6-29(25)36-30/h3-18,31H,19H2,1-2H3/b14-7+. The molecule has 0 aromatic heterocycles. The number of ketones is 1. The second kappa shape index (κ2) is 10.6. The Bertz CT molecular complexity index is 1430. The van der Waals surface area contributed by atoms with Crippen LogP contribution in [0.25, 0.3) is 6.08 Å². The van der Waals surface area contributed by atoms with Crippen LogP contribution in [0.2, 0.25) is 0 Å². The molecule has 0 unspecified atom stereocenters. The third-order valence-corrected chi connectivity index (χ3v) is 6.98. The molecule has 5 rings (SSSR count). The predicted octanol–water partition coefficient (Wildman–Crippen LogP) is 7.39. The minimum atomic E-state index is -0.0599. The van der Waals surface area contributed by atoms with E-state index in [0.717, 1.165) is 44.6 Å². The SMILES string of the molecule is COc1ccc(OCc2cc(/C=C/C(=O)c3ccc4c(c3)Nc3ccccc3S4)ccc2OC)cc1. The molecule has 0 radical (unpaired) electrons. The summed E-state index contributed by atoms with van der Waals surface area (Å²) in [4.78, 5) is 15.2. The van der Waals surface area contributed by atoms with Gasteiger partial charge in [-0.05, 0) is 78.4 Å². The molecule has 0 amide bonds. The van der Waals surface area contributed by atoms with Crippen LogP contribution >= 0.6 is 11.8 Å². The zero-order valence-corrected chi connectivity index (χ0v) is 20.8. The molecule has 180 valence electrons. The number of hydrogen-bond acceptors (Lipinski definition) is 6. The van der Waals surface area contributed by atoms with Crippen molar-refractivity contribution in [1.29, 1.82) is 0 Å². The van der Waals surface area contributed by atoms with E-state index in [9.17, 15) is 4.79 Å². The third-order valence-electron chi connectivity index (χ3n) is 5.83. The topological polar surface area (TPSA) is 56.8 Å². The van der Waals surface area contributed by atoms with Gasteiger partial charge in [-0.15, -0.1) is 0 Å². The van der Waals surface area contributed by atoms with E-state index >= 15 is 0 Å². The van der Waals surface area contributed by atoms with Gasteiger partial charge in [0.05, 0.1) is 25.6 Å². The number of allylic oxidation sites excluding steroid dienone is 1. The number of anilines is 2. The van der Waals surface area contributed by atoms with Crippen LogP contribution in [0, 0.1) is 0 Å². The van der Waals surface area contributed by atoms with E-state index in [2.05, 4.69) is 11.4 Å². The molecular formula is C30H25NO4S. The second-order valence-electron chi connectivity index (χ2n) is 8.17. The van der Waals surface area contributed by atoms with Crippen LogP contribution in [-0.2, 0) is 6.61 Å². The Morgan fingerprint density at radius 2 is 1.61 bits per heavy atom. The average Bonchev–Trinajstić information content (AvgIpc) is 2.93. The van der Waals surface area contributed by atoms with Crippen LogP contribution < -0.4 is 19.5 Å². The highest BCUT2D eigenvalue weighted by Gasteiger charge is 2.16. The Labute approximate surface area is 214 Å². The van der Waals surface area contributed by atoms with Gasteiger partial charge in [0, 0.05) is 20.9 Å². The first kappa shape index (κ1) is 23.6. The first-order valence-electron chi connectivity index (χ1n) is 11.5. The number of nitrogens with one attached hydrogen (secondary N) is 1. The molecule has 36 heavy (non-hydrogen) atoms. The maximum absolute atomic E-state index is 12.9. The quantitative estimate of drug-likeness (QED) is 0.179. The number of carbonyl (C=O) groups excluding carboxylic acids is 1. The molecule has 5 nitrogen and oxygen atoms in total. The number of hydrogen-bond donors (Lipinski definition) is 1. The van der Waals surface area contributed by atoms with Gasteiger partial charge in [-0.3, -0.25) is 4.79 Å². The molecule has 6 heteroatoms. The Morgan fingerprint density at radius 1 is 0.833 bits per heavy atom. The summed E-state index contributed by atoms with van der Waals surface area (Å²) < 4.78 is 16.6. The summed E-state index contributed by atoms with van der Waals surface area (Å²) in [6.07, 6.45) is 3.41. The van der Waals surface area contributed by atoms with Crippen molar-refractivity contribution in [2.75, 3.05) is 19.5 Å². The fraction of sp³-hybridized carbons (Fsp3) is 0.100. The fourth-order valence-electron chi connectivity index (χ4n) is 3.91. The molecule has 0 bridgehead atoms. The van der Waals surface area contributed by atoms with E-state index in [1.54, 1.807) is 32.1 Å². The van der Waals surface area contributed by atoms with E-state index < -0.39 is 0 Å². The molecule has 1 N–H and O–H groups in total. The zero-order valence-electron chi connectivity index (χ0n) is 20.0. The first-order valence-corrected chi connectivity index (χ1v) is 12.3. The van der Waals surface area contributed by atoms with Crippen LogP contribution in [0.15, 0.2) is 101 Å². The van der Waals surface area contributed by atoms with Crippen LogP contribution in [0.3, 0.4) is 0 Å². The summed E-state index contributed by atoms with van der Waals surface area (Å²) in [7, 11) is 3.26. The molecule has 4 aromatic carbocycles. The van der Waals surface area contributed by atoms with Crippen molar-refractivity contribution in [3.63, 3.8) is 0 Å². The first-order chi connectivity index (χ1) is 17.6. The molecule has 0 atom stereocenters. The highest BCUT2D eigenvalue weighted by atomic mass is 32.2. The molecule has 0 saturated heterocycles. The summed E-state index contributed by atoms with van der Waals surface area (Å²) >= 11 is 1.70. The van der Waals surface area contributed by atoms with Gasteiger partial charge in [-0.1, -0.05) is 36.0 Å². The lowest BCUT2D eigenvalue weighted by Gasteiger charge is -2.20. The Morgan fingerprint density at radius 3 is 2.42 bits per heavy atom. The molecule has 0 fully saturated rings. The van der Waals surface area contributed by atoms with E-state index in [-0.39, 0.29) is 5.78 Å². The largest absolute Gasteiger partial charge is 0.497 e. The van der Waals surface area contributed by atoms with Gasteiger partial charge in [0.15, 0.2) is 5.78 Å². The zero-order chi connectivity index (χ0) is 24.9. The summed E-state index contributed by atoms with van der Waals surface area (Å²) in [6, 6.07) is 27.1. The third kappa shape index (κ3) is 5.24. The maximum Gasteiger partial charge on any atom is 0.185 e. The normalized spacial score (nSPS) is 11.8. The minimum absolute atomic E-state index is 0.0599. The smallest absolute Gasteiger partial charge is 0.185 e. The monoisotopic (exact) mass is 495 g/mol. The van der Waals surface area contributed by atoms with Crippen molar-refractivity contribution in [3.8, 4) is 17.2 Å². The van der Waals surface area contributed by atoms with Crippen LogP contribution in [0.4, 0.5) is 11.4 Å². The number of ether oxygens (including phenoxy) is 3. The molecule has 0 spiro atoms. The molecule has 1 heterocycles. The summed E-state index contributed by atoms with van der Waals surface area (Å²) in [5, 5.41) is 3.43. The number of carbonyl (C=O) groups is 1. The van der Waals surface area contributed by atoms with Crippen molar-refractivity contribution in [3.05, 3.63) is 108 Å². The Hall–Kier alpha value is -4.16. The van der Waals surface area contributed by atoms with Gasteiger partial charge in [0.2, 0.25) is 0 Å². The van der Waals surface area contributed by atoms with Crippen molar-refractivity contribution < 1.29 is 19.0 Å². The summed E-state index contributed by atoms with van der Waals surface area (Å²) in [5.41, 5.74) is 4.40. The molecule has 0 aliphatic carbocycles. The van der Waals surface area contributed by atoms with Gasteiger partial charge in [-0.25, -0.2) is 0 Å². The van der Waals surface area contributed by atoms with Gasteiger partial charge in [-0.2, -0.15) is 0 Å². The fourth-order valence-corrected chi connectivity index (χ4v) is 4.88. The second-order valence-corrected chi connectivity index (χ2v) is 9.25. The average molecular weight is 496 g/mol. The summed E-state index contributed by atoms with van der Waals surface area (Å²) in [5.74, 6) is 2.17. The maximum atomic E-state index is 12.9. The lowest BCUT2D eigenvalue weighted by Crippen LogP contribution is -2.02. The lowest BCUT2D eigenvalue weighted by atomic mass is 10.1. The number of rotatable bonds is 8. The number of methoxy groups -OCH3 is 2. The molecule has 1 aliphatic rings. The van der Waals surface area contributed by atoms with Crippen molar-refractivity contribution in [2.24, 2.45) is 0 Å². The van der Waals surface area contributed by atoms with Crippen molar-refractivity contribution in [1.82, 2.24) is 0 Å². The highest BCUT2D eigenvalue weighted by molar-refractivity contribution is 7.99. The van der Waals surface area contributed by atoms with Gasteiger partial charge in [0.1, 0.15) is 23.9 Å². The van der Waals surface area contributed by atoms with E-state index in [4.69, 9.17) is 14.2 Å². The van der Waals surface area contributed by atoms with E-state index in [1.165, 1.54) is 4.90 Å². The van der Waals surface area contributed by atoms with Gasteiger partial charge in [0.25, 0.3) is 0 Å². The molecule has 0 saturated carbocycles. The van der Waals surface area contributed by atoms with E-state index in [0.29, 0.717) is 12.2 Å². The summed E-state index contributed by atoms with van der Waals surface area (Å²) in [6.45, 7) is 0.334. The molecule has 1 aliphatic heterocycles. The minimum Gasteiger partial charge on any atom is -0.497 e. The number of para-hydroxylation sites is 1. The van der Waals surface area contributed by atoms with Crippen LogP contribution in [0.5, 0.6) is 17.2 Å². The number of fused-ring (bicyclic) bond motifs is 2. The van der Waals surface area contributed by atoms with Crippen LogP contribution in [-0.4, -0.2) is 20.0 Å². The van der Waals surface area contributed by atoms with Crippen molar-refractivity contribution >= 4 is 35.0 Å². The van der Waals surface area contributed by atoms with E-state index in [1.807, 2.05) is 84.9 Å². The van der Waals surface area contributed by atoms with Crippen molar-refractivity contribution in [2.45, 2.75) is 16.4 Å². The lowest BCUT2D eigenvalue weighted by molar-refractivity contribution is 0.104. The number of benzene rings is 4. The van der Waals surface area contributed by atoms with Crippen LogP contribution in [0.1, 0.15) is 21.5 Å². The molecule has 4 aromatic rings. The Kier molecular flexibility index (Phi) is 6.96. The molecular weight excluding hydrogens is 470 g/mol. The predicted molar refractivity (Wildman–Crippen MR) is 144 cm³/mol. The highest BCUT2D eigenvalue weighted by Crippen LogP contribution is 2.44. The Balaban J connectivity index is 1.29. The van der Waals surface area contributed by atoms with Gasteiger partial charge < -0.3 is 19.5 Å². The van der Waals surface area contributed by atoms with Gasteiger partial charge >= 0.3 is 0 Å².